The molecule has 0 atom stereocenters. The van der Waals surface area contributed by atoms with Crippen LogP contribution in [0.2, 0.25) is 0 Å². The Balaban J connectivity index is 2.40. The number of pyridine rings is 2. The first-order valence-electron chi connectivity index (χ1n) is 4.73. The van der Waals surface area contributed by atoms with E-state index in [0.717, 1.165) is 24.5 Å². The average Bonchev–Trinajstić information content (AvgIpc) is 2.32. The van der Waals surface area contributed by atoms with E-state index in [9.17, 15) is 17.2 Å². The second-order valence-corrected chi connectivity index (χ2v) is 4.85. The second-order valence-electron chi connectivity index (χ2n) is 3.25. The lowest BCUT2D eigenvalue weighted by molar-refractivity contribution is 0.556. The fraction of sp³-hybridized carbons (Fsp3) is 0. The van der Waals surface area contributed by atoms with Crippen LogP contribution < -0.4 is 4.72 Å². The smallest absolute Gasteiger partial charge is 0.275 e. The van der Waals surface area contributed by atoms with Crippen molar-refractivity contribution < 1.29 is 17.2 Å². The van der Waals surface area contributed by atoms with Crippen LogP contribution in [0.15, 0.2) is 41.8 Å². The summed E-state index contributed by atoms with van der Waals surface area (Å²) in [7, 11) is -4.27. The van der Waals surface area contributed by atoms with Crippen molar-refractivity contribution in [2.75, 3.05) is 4.72 Å². The average molecular weight is 271 g/mol. The van der Waals surface area contributed by atoms with Gasteiger partial charge in [-0.1, -0.05) is 0 Å². The molecular weight excluding hydrogens is 264 g/mol. The third-order valence-corrected chi connectivity index (χ3v) is 3.29. The lowest BCUT2D eigenvalue weighted by atomic mass is 10.4. The van der Waals surface area contributed by atoms with E-state index >= 15 is 0 Å². The predicted octanol–water partition coefficient (Wildman–Crippen LogP) is 1.56. The summed E-state index contributed by atoms with van der Waals surface area (Å²) in [5.41, 5.74) is -0.324. The summed E-state index contributed by atoms with van der Waals surface area (Å²) in [5.74, 6) is -1.88. The van der Waals surface area contributed by atoms with Gasteiger partial charge in [0, 0.05) is 12.4 Å². The monoisotopic (exact) mass is 271 g/mol. The summed E-state index contributed by atoms with van der Waals surface area (Å²) in [5, 5.41) is -0.791. The fourth-order valence-electron chi connectivity index (χ4n) is 1.22. The fourth-order valence-corrected chi connectivity index (χ4v) is 2.30. The Kier molecular flexibility index (Phi) is 3.19. The molecule has 0 fully saturated rings. The lowest BCUT2D eigenvalue weighted by Crippen LogP contribution is -2.17. The highest BCUT2D eigenvalue weighted by atomic mass is 32.2. The maximum atomic E-state index is 13.3. The molecule has 18 heavy (non-hydrogen) atoms. The van der Waals surface area contributed by atoms with Crippen LogP contribution in [0.25, 0.3) is 0 Å². The number of rotatable bonds is 3. The third-order valence-electron chi connectivity index (χ3n) is 2.00. The zero-order chi connectivity index (χ0) is 13.2. The van der Waals surface area contributed by atoms with Crippen LogP contribution in [0.1, 0.15) is 0 Å². The number of anilines is 1. The molecule has 0 spiro atoms. The molecule has 2 rings (SSSR count). The van der Waals surface area contributed by atoms with Crippen LogP contribution >= 0.6 is 0 Å². The van der Waals surface area contributed by atoms with Crippen LogP contribution in [0.5, 0.6) is 0 Å². The van der Waals surface area contributed by atoms with Gasteiger partial charge in [0.2, 0.25) is 5.03 Å². The van der Waals surface area contributed by atoms with E-state index in [-0.39, 0.29) is 5.69 Å². The van der Waals surface area contributed by atoms with Crippen LogP contribution in [0.3, 0.4) is 0 Å². The summed E-state index contributed by atoms with van der Waals surface area (Å²) < 4.78 is 52.0. The number of nitrogens with one attached hydrogen (secondary N) is 1. The van der Waals surface area contributed by atoms with Crippen molar-refractivity contribution in [2.24, 2.45) is 0 Å². The highest BCUT2D eigenvalue weighted by molar-refractivity contribution is 7.92. The van der Waals surface area contributed by atoms with Crippen LogP contribution in [0, 0.1) is 11.6 Å². The van der Waals surface area contributed by atoms with Crippen molar-refractivity contribution >= 4 is 15.7 Å². The molecule has 0 saturated heterocycles. The minimum atomic E-state index is -4.27. The van der Waals surface area contributed by atoms with Crippen molar-refractivity contribution in [3.63, 3.8) is 0 Å². The molecule has 2 aromatic rings. The molecule has 0 saturated carbocycles. The van der Waals surface area contributed by atoms with Crippen LogP contribution in [-0.2, 0) is 10.0 Å². The summed E-state index contributed by atoms with van der Waals surface area (Å²) >= 11 is 0. The number of hydrogen-bond acceptors (Lipinski definition) is 4. The van der Waals surface area contributed by atoms with Gasteiger partial charge < -0.3 is 0 Å². The Hall–Kier alpha value is -2.09. The molecule has 94 valence electrons. The van der Waals surface area contributed by atoms with Gasteiger partial charge in [0.25, 0.3) is 10.0 Å². The Labute approximate surface area is 102 Å². The molecule has 8 heteroatoms. The SMILES string of the molecule is O=S(=O)(Nc1ccncc1F)c1ncccc1F. The first kappa shape index (κ1) is 12.4. The Bertz CT molecular complexity index is 676. The number of sulfonamides is 1. The molecule has 0 aliphatic heterocycles. The highest BCUT2D eigenvalue weighted by Gasteiger charge is 2.21. The largest absolute Gasteiger partial charge is 0.282 e. The molecule has 0 aliphatic rings. The zero-order valence-corrected chi connectivity index (χ0v) is 9.66. The topological polar surface area (TPSA) is 72.0 Å². The van der Waals surface area contributed by atoms with Crippen LogP contribution in [0.4, 0.5) is 14.5 Å². The van der Waals surface area contributed by atoms with Gasteiger partial charge in [-0.15, -0.1) is 0 Å². The van der Waals surface area contributed by atoms with Crippen molar-refractivity contribution in [1.29, 1.82) is 0 Å². The molecule has 5 nitrogen and oxygen atoms in total. The molecular formula is C10H7F2N3O2S. The van der Waals surface area contributed by atoms with Crippen molar-refractivity contribution in [2.45, 2.75) is 5.03 Å². The van der Waals surface area contributed by atoms with E-state index in [1.165, 1.54) is 12.3 Å². The highest BCUT2D eigenvalue weighted by Crippen LogP contribution is 2.18. The molecule has 0 unspecified atom stereocenters. The van der Waals surface area contributed by atoms with E-state index in [1.54, 1.807) is 0 Å². The number of hydrogen-bond donors (Lipinski definition) is 1. The predicted molar refractivity (Wildman–Crippen MR) is 59.2 cm³/mol. The molecule has 0 aliphatic carbocycles. The van der Waals surface area contributed by atoms with E-state index in [2.05, 4.69) is 9.97 Å². The summed E-state index contributed by atoms with van der Waals surface area (Å²) in [4.78, 5) is 6.88. The van der Waals surface area contributed by atoms with E-state index in [0.29, 0.717) is 0 Å². The standard InChI is InChI=1S/C10H7F2N3O2S/c11-7-2-1-4-14-10(7)18(16,17)15-9-3-5-13-6-8(9)12/h1-6H,(H,13,15). The Morgan fingerprint density at radius 3 is 2.56 bits per heavy atom. The normalized spacial score (nSPS) is 11.2. The van der Waals surface area contributed by atoms with Gasteiger partial charge in [0.15, 0.2) is 11.6 Å². The van der Waals surface area contributed by atoms with Gasteiger partial charge >= 0.3 is 0 Å². The van der Waals surface area contributed by atoms with Crippen molar-refractivity contribution in [3.8, 4) is 0 Å². The Morgan fingerprint density at radius 2 is 1.89 bits per heavy atom. The molecule has 1 N–H and O–H groups in total. The molecule has 0 bridgehead atoms. The van der Waals surface area contributed by atoms with Crippen molar-refractivity contribution in [3.05, 3.63) is 48.4 Å². The van der Waals surface area contributed by atoms with Gasteiger partial charge in [-0.05, 0) is 18.2 Å². The maximum Gasteiger partial charge on any atom is 0.282 e. The first-order valence-corrected chi connectivity index (χ1v) is 6.22. The zero-order valence-electron chi connectivity index (χ0n) is 8.84. The maximum absolute atomic E-state index is 13.3. The van der Waals surface area contributed by atoms with Gasteiger partial charge in [0.05, 0.1) is 11.9 Å². The van der Waals surface area contributed by atoms with Gasteiger partial charge in [-0.25, -0.2) is 13.8 Å². The minimum absolute atomic E-state index is 0.324. The van der Waals surface area contributed by atoms with E-state index in [4.69, 9.17) is 0 Å². The van der Waals surface area contributed by atoms with Gasteiger partial charge in [-0.2, -0.15) is 8.42 Å². The molecule has 0 radical (unpaired) electrons. The first-order chi connectivity index (χ1) is 8.50. The molecule has 0 amide bonds. The lowest BCUT2D eigenvalue weighted by Gasteiger charge is -2.07. The molecule has 2 heterocycles. The second kappa shape index (κ2) is 4.65. The molecule has 0 aromatic carbocycles. The summed E-state index contributed by atoms with van der Waals surface area (Å²) in [6.45, 7) is 0. The van der Waals surface area contributed by atoms with Gasteiger partial charge in [-0.3, -0.25) is 9.71 Å². The Morgan fingerprint density at radius 1 is 1.11 bits per heavy atom. The van der Waals surface area contributed by atoms with E-state index < -0.39 is 26.7 Å². The van der Waals surface area contributed by atoms with Crippen LogP contribution in [-0.4, -0.2) is 18.4 Å². The third kappa shape index (κ3) is 2.43. The molecule has 2 aromatic heterocycles. The number of halogens is 2. The number of nitrogens with zero attached hydrogens (tertiary/aromatic N) is 2. The van der Waals surface area contributed by atoms with Gasteiger partial charge in [0.1, 0.15) is 0 Å². The quantitative estimate of drug-likeness (QED) is 0.919. The number of aromatic nitrogens is 2. The van der Waals surface area contributed by atoms with E-state index in [1.807, 2.05) is 4.72 Å². The minimum Gasteiger partial charge on any atom is -0.275 e. The summed E-state index contributed by atoms with van der Waals surface area (Å²) in [6.07, 6.45) is 3.17. The van der Waals surface area contributed by atoms with Crippen molar-refractivity contribution in [1.82, 2.24) is 9.97 Å². The summed E-state index contributed by atoms with van der Waals surface area (Å²) in [6, 6.07) is 3.32.